The first-order valence-corrected chi connectivity index (χ1v) is 13.2. The number of hydrogen-bond acceptors (Lipinski definition) is 6. The minimum Gasteiger partial charge on any atom is -0.380 e. The van der Waals surface area contributed by atoms with Crippen molar-refractivity contribution in [1.29, 1.82) is 5.26 Å². The maximum atomic E-state index is 13.9. The van der Waals surface area contributed by atoms with Crippen molar-refractivity contribution in [3.05, 3.63) is 101 Å². The van der Waals surface area contributed by atoms with E-state index in [2.05, 4.69) is 21.4 Å². The second kappa shape index (κ2) is 9.43. The molecule has 0 amide bonds. The standard InChI is InChI=1S/C25H23N5O2S2/c26-14-19-8-9-22-20(11-19)16-30(34(31,32)25-7-4-10-33-25)24(12-18-5-2-1-3-6-18)23(29-22)13-21-15-27-17-28-21/h1-11,15,17,23-24,29H,12-13,16H2,(H,27,28)/t23?,24-/m1/s1. The fraction of sp³-hybridized carbons (Fsp3) is 0.200. The molecule has 34 heavy (non-hydrogen) atoms. The number of nitrogens with zero attached hydrogens (tertiary/aromatic N) is 3. The molecular weight excluding hydrogens is 466 g/mol. The van der Waals surface area contributed by atoms with Crippen molar-refractivity contribution in [3.8, 4) is 6.07 Å². The monoisotopic (exact) mass is 489 g/mol. The Morgan fingerprint density at radius 3 is 2.68 bits per heavy atom. The van der Waals surface area contributed by atoms with E-state index in [1.54, 1.807) is 46.5 Å². The van der Waals surface area contributed by atoms with Gasteiger partial charge in [-0.2, -0.15) is 9.57 Å². The van der Waals surface area contributed by atoms with Gasteiger partial charge < -0.3 is 10.3 Å². The Kier molecular flexibility index (Phi) is 6.20. The third-order valence-electron chi connectivity index (χ3n) is 6.08. The smallest absolute Gasteiger partial charge is 0.253 e. The maximum absolute atomic E-state index is 13.9. The summed E-state index contributed by atoms with van der Waals surface area (Å²) in [6.07, 6.45) is 4.50. The molecule has 1 aliphatic heterocycles. The number of H-pyrrole nitrogens is 1. The van der Waals surface area contributed by atoms with E-state index in [9.17, 15) is 13.7 Å². The maximum Gasteiger partial charge on any atom is 0.253 e. The largest absolute Gasteiger partial charge is 0.380 e. The fourth-order valence-corrected chi connectivity index (χ4v) is 7.18. The molecule has 0 spiro atoms. The molecule has 7 nitrogen and oxygen atoms in total. The number of hydrogen-bond donors (Lipinski definition) is 2. The Bertz CT molecular complexity index is 1400. The summed E-state index contributed by atoms with van der Waals surface area (Å²) in [6, 6.07) is 20.3. The number of rotatable bonds is 6. The molecule has 2 aromatic carbocycles. The van der Waals surface area contributed by atoms with Crippen LogP contribution in [-0.2, 0) is 29.4 Å². The number of aromatic nitrogens is 2. The number of sulfonamides is 1. The zero-order chi connectivity index (χ0) is 23.5. The average molecular weight is 490 g/mol. The molecular formula is C25H23N5O2S2. The van der Waals surface area contributed by atoms with Gasteiger partial charge in [-0.1, -0.05) is 36.4 Å². The molecule has 0 saturated heterocycles. The molecule has 1 unspecified atom stereocenters. The van der Waals surface area contributed by atoms with E-state index in [0.717, 1.165) is 22.5 Å². The van der Waals surface area contributed by atoms with Gasteiger partial charge in [-0.05, 0) is 47.2 Å². The highest BCUT2D eigenvalue weighted by Gasteiger charge is 2.40. The predicted octanol–water partition coefficient (Wildman–Crippen LogP) is 4.18. The van der Waals surface area contributed by atoms with Gasteiger partial charge >= 0.3 is 0 Å². The van der Waals surface area contributed by atoms with Gasteiger partial charge in [0, 0.05) is 36.6 Å². The van der Waals surface area contributed by atoms with E-state index in [-0.39, 0.29) is 18.6 Å². The molecule has 0 bridgehead atoms. The summed E-state index contributed by atoms with van der Waals surface area (Å²) < 4.78 is 29.8. The highest BCUT2D eigenvalue weighted by Crippen LogP contribution is 2.34. The second-order valence-corrected chi connectivity index (χ2v) is 11.3. The topological polar surface area (TPSA) is 102 Å². The highest BCUT2D eigenvalue weighted by atomic mass is 32.2. The van der Waals surface area contributed by atoms with Gasteiger partial charge in [-0.3, -0.25) is 0 Å². The lowest BCUT2D eigenvalue weighted by Gasteiger charge is -2.34. The molecule has 9 heteroatoms. The van der Waals surface area contributed by atoms with Crippen LogP contribution in [-0.4, -0.2) is 34.8 Å². The third-order valence-corrected chi connectivity index (χ3v) is 9.32. The molecule has 5 rings (SSSR count). The molecule has 2 N–H and O–H groups in total. The summed E-state index contributed by atoms with van der Waals surface area (Å²) in [4.78, 5) is 7.30. The minimum absolute atomic E-state index is 0.176. The van der Waals surface area contributed by atoms with Crippen LogP contribution in [0.2, 0.25) is 0 Å². The number of imidazole rings is 1. The summed E-state index contributed by atoms with van der Waals surface area (Å²) in [7, 11) is -3.78. The minimum atomic E-state index is -3.78. The van der Waals surface area contributed by atoms with Crippen molar-refractivity contribution in [1.82, 2.24) is 14.3 Å². The average Bonchev–Trinajstić information content (AvgIpc) is 3.55. The Morgan fingerprint density at radius 2 is 1.97 bits per heavy atom. The van der Waals surface area contributed by atoms with Crippen LogP contribution in [0.25, 0.3) is 0 Å². The number of nitriles is 1. The van der Waals surface area contributed by atoms with Crippen LogP contribution in [0.5, 0.6) is 0 Å². The van der Waals surface area contributed by atoms with Gasteiger partial charge in [0.25, 0.3) is 10.0 Å². The first-order valence-electron chi connectivity index (χ1n) is 10.9. The van der Waals surface area contributed by atoms with Crippen LogP contribution in [0, 0.1) is 11.3 Å². The van der Waals surface area contributed by atoms with E-state index in [1.165, 1.54) is 11.3 Å². The van der Waals surface area contributed by atoms with Crippen LogP contribution in [0.3, 0.4) is 0 Å². The summed E-state index contributed by atoms with van der Waals surface area (Å²) in [5.74, 6) is 0. The van der Waals surface area contributed by atoms with Crippen molar-refractivity contribution in [3.63, 3.8) is 0 Å². The Morgan fingerprint density at radius 1 is 1.12 bits per heavy atom. The lowest BCUT2D eigenvalue weighted by molar-refractivity contribution is 0.285. The first kappa shape index (κ1) is 22.3. The van der Waals surface area contributed by atoms with Crippen LogP contribution in [0.1, 0.15) is 22.4 Å². The highest BCUT2D eigenvalue weighted by molar-refractivity contribution is 7.91. The lowest BCUT2D eigenvalue weighted by atomic mass is 9.96. The van der Waals surface area contributed by atoms with Crippen molar-refractivity contribution in [2.24, 2.45) is 0 Å². The van der Waals surface area contributed by atoms with Crippen LogP contribution in [0.15, 0.2) is 82.8 Å². The molecule has 0 radical (unpaired) electrons. The summed E-state index contributed by atoms with van der Waals surface area (Å²) in [6.45, 7) is 0.176. The molecule has 2 aromatic heterocycles. The SMILES string of the molecule is N#Cc1ccc2c(c1)CN(S(=O)(=O)c1cccs1)[C@H](Cc1ccccc1)C(Cc1cnc[nH]1)N2. The molecule has 4 aromatic rings. The van der Waals surface area contributed by atoms with Crippen molar-refractivity contribution in [2.45, 2.75) is 35.7 Å². The van der Waals surface area contributed by atoms with Crippen LogP contribution in [0.4, 0.5) is 5.69 Å². The van der Waals surface area contributed by atoms with Crippen molar-refractivity contribution in [2.75, 3.05) is 5.32 Å². The van der Waals surface area contributed by atoms with E-state index >= 15 is 0 Å². The van der Waals surface area contributed by atoms with Crippen LogP contribution < -0.4 is 5.32 Å². The number of thiophene rings is 1. The third kappa shape index (κ3) is 4.48. The number of benzene rings is 2. The number of anilines is 1. The van der Waals surface area contributed by atoms with Gasteiger partial charge in [0.05, 0.1) is 24.0 Å². The zero-order valence-corrected chi connectivity index (χ0v) is 19.9. The second-order valence-electron chi connectivity index (χ2n) is 8.25. The molecule has 1 aliphatic rings. The van der Waals surface area contributed by atoms with Gasteiger partial charge in [-0.25, -0.2) is 13.4 Å². The van der Waals surface area contributed by atoms with Crippen molar-refractivity contribution < 1.29 is 8.42 Å². The first-order chi connectivity index (χ1) is 16.5. The summed E-state index contributed by atoms with van der Waals surface area (Å²) >= 11 is 1.22. The Labute approximate surface area is 202 Å². The quantitative estimate of drug-likeness (QED) is 0.423. The van der Waals surface area contributed by atoms with E-state index in [1.807, 2.05) is 36.4 Å². The molecule has 172 valence electrons. The number of nitrogens with one attached hydrogen (secondary N) is 2. The number of fused-ring (bicyclic) bond motifs is 1. The molecule has 0 aliphatic carbocycles. The van der Waals surface area contributed by atoms with E-state index in [0.29, 0.717) is 22.6 Å². The van der Waals surface area contributed by atoms with Gasteiger partial charge in [0.1, 0.15) is 4.21 Å². The molecule has 3 heterocycles. The zero-order valence-electron chi connectivity index (χ0n) is 18.3. The van der Waals surface area contributed by atoms with E-state index < -0.39 is 10.0 Å². The summed E-state index contributed by atoms with van der Waals surface area (Å²) in [5, 5.41) is 14.8. The summed E-state index contributed by atoms with van der Waals surface area (Å²) in [5.41, 5.74) is 4.09. The van der Waals surface area contributed by atoms with Gasteiger partial charge in [0.15, 0.2) is 0 Å². The lowest BCUT2D eigenvalue weighted by Crippen LogP contribution is -2.49. The predicted molar refractivity (Wildman–Crippen MR) is 132 cm³/mol. The Balaban J connectivity index is 1.65. The Hall–Kier alpha value is -3.45. The van der Waals surface area contributed by atoms with Gasteiger partial charge in [0.2, 0.25) is 0 Å². The molecule has 0 saturated carbocycles. The number of aromatic amines is 1. The van der Waals surface area contributed by atoms with Gasteiger partial charge in [-0.15, -0.1) is 11.3 Å². The molecule has 0 fully saturated rings. The van der Waals surface area contributed by atoms with Crippen LogP contribution >= 0.6 is 11.3 Å². The van der Waals surface area contributed by atoms with E-state index in [4.69, 9.17) is 0 Å². The fourth-order valence-electron chi connectivity index (χ4n) is 4.43. The molecule has 2 atom stereocenters. The normalized spacial score (nSPS) is 18.4. The van der Waals surface area contributed by atoms with Crippen molar-refractivity contribution >= 4 is 27.0 Å².